The number of nitrogens with zero attached hydrogens (tertiary/aromatic N) is 1. The van der Waals surface area contributed by atoms with Crippen LogP contribution >= 0.6 is 27.7 Å². The molecule has 1 fully saturated rings. The van der Waals surface area contributed by atoms with Gasteiger partial charge in [0, 0.05) is 4.47 Å². The number of carbonyl (C=O) groups is 3. The molecule has 0 unspecified atom stereocenters. The van der Waals surface area contributed by atoms with Gasteiger partial charge in [0.1, 0.15) is 6.54 Å². The molecule has 7 nitrogen and oxygen atoms in total. The first kappa shape index (κ1) is 14.9. The van der Waals surface area contributed by atoms with Crippen LogP contribution in [0.3, 0.4) is 0 Å². The average molecular weight is 386 g/mol. The van der Waals surface area contributed by atoms with E-state index in [0.717, 1.165) is 0 Å². The van der Waals surface area contributed by atoms with Crippen molar-refractivity contribution in [3.05, 3.63) is 27.1 Å². The predicted molar refractivity (Wildman–Crippen MR) is 80.6 cm³/mol. The third-order valence-electron chi connectivity index (χ3n) is 2.95. The normalized spacial score (nSPS) is 18.4. The van der Waals surface area contributed by atoms with Gasteiger partial charge in [-0.05, 0) is 35.5 Å². The molecular weight excluding hydrogens is 378 g/mol. The van der Waals surface area contributed by atoms with Crippen LogP contribution in [0, 0.1) is 0 Å². The summed E-state index contributed by atoms with van der Waals surface area (Å²) in [4.78, 5) is 35.3. The van der Waals surface area contributed by atoms with Crippen LogP contribution in [-0.4, -0.2) is 40.5 Å². The van der Waals surface area contributed by atoms with E-state index in [9.17, 15) is 14.4 Å². The number of ether oxygens (including phenoxy) is 2. The maximum absolute atomic E-state index is 12.1. The molecule has 1 saturated heterocycles. The molecule has 0 saturated carbocycles. The fraction of sp³-hybridized carbons (Fsp3) is 0.154. The number of carboxylic acid groups (broad SMARTS) is 1. The Bertz CT molecular complexity index is 731. The van der Waals surface area contributed by atoms with Gasteiger partial charge in [0.25, 0.3) is 11.1 Å². The first-order valence-electron chi connectivity index (χ1n) is 6.02. The summed E-state index contributed by atoms with van der Waals surface area (Å²) in [5.74, 6) is -0.739. The Morgan fingerprint density at radius 1 is 1.36 bits per heavy atom. The summed E-state index contributed by atoms with van der Waals surface area (Å²) in [6.07, 6.45) is 1.51. The summed E-state index contributed by atoms with van der Waals surface area (Å²) in [7, 11) is 0. The highest BCUT2D eigenvalue weighted by atomic mass is 79.9. The predicted octanol–water partition coefficient (Wildman–Crippen LogP) is 2.30. The van der Waals surface area contributed by atoms with Crippen LogP contribution in [-0.2, 0) is 9.59 Å². The molecule has 0 radical (unpaired) electrons. The number of rotatable bonds is 3. The van der Waals surface area contributed by atoms with Gasteiger partial charge in [-0.15, -0.1) is 0 Å². The van der Waals surface area contributed by atoms with Gasteiger partial charge in [-0.25, -0.2) is 0 Å². The molecular formula is C13H8BrNO6S. The second-order valence-electron chi connectivity index (χ2n) is 4.39. The maximum Gasteiger partial charge on any atom is 0.323 e. The number of imide groups is 1. The first-order valence-corrected chi connectivity index (χ1v) is 7.63. The molecule has 1 aromatic rings. The van der Waals surface area contributed by atoms with E-state index in [1.807, 2.05) is 0 Å². The standard InChI is InChI=1S/C13H8BrNO6S/c14-7-3-9-8(20-5-21-9)1-6(7)2-10-12(18)15(4-11(16)17)13(19)22-10/h1-3H,4-5H2,(H,16,17)/b10-2-. The van der Waals surface area contributed by atoms with E-state index >= 15 is 0 Å². The van der Waals surface area contributed by atoms with E-state index in [2.05, 4.69) is 15.9 Å². The van der Waals surface area contributed by atoms with Gasteiger partial charge in [-0.3, -0.25) is 19.3 Å². The average Bonchev–Trinajstić information content (AvgIpc) is 2.99. The highest BCUT2D eigenvalue weighted by Gasteiger charge is 2.36. The van der Waals surface area contributed by atoms with E-state index in [4.69, 9.17) is 14.6 Å². The van der Waals surface area contributed by atoms with E-state index in [-0.39, 0.29) is 11.7 Å². The molecule has 0 aromatic heterocycles. The molecule has 0 aliphatic carbocycles. The number of aliphatic carboxylic acids is 1. The lowest BCUT2D eigenvalue weighted by atomic mass is 10.2. The number of carbonyl (C=O) groups excluding carboxylic acids is 2. The molecule has 9 heteroatoms. The highest BCUT2D eigenvalue weighted by Crippen LogP contribution is 2.39. The van der Waals surface area contributed by atoms with E-state index in [1.54, 1.807) is 12.1 Å². The second-order valence-corrected chi connectivity index (χ2v) is 6.24. The Morgan fingerprint density at radius 2 is 2.05 bits per heavy atom. The van der Waals surface area contributed by atoms with Gasteiger partial charge < -0.3 is 14.6 Å². The molecule has 22 heavy (non-hydrogen) atoms. The lowest BCUT2D eigenvalue weighted by molar-refractivity contribution is -0.140. The molecule has 114 valence electrons. The quantitative estimate of drug-likeness (QED) is 0.797. The molecule has 1 N–H and O–H groups in total. The maximum atomic E-state index is 12.1. The number of thioether (sulfide) groups is 1. The van der Waals surface area contributed by atoms with Gasteiger partial charge in [0.05, 0.1) is 4.91 Å². The van der Waals surface area contributed by atoms with Gasteiger partial charge in [0.15, 0.2) is 11.5 Å². The lowest BCUT2D eigenvalue weighted by Gasteiger charge is -2.08. The summed E-state index contributed by atoms with van der Waals surface area (Å²) < 4.78 is 11.2. The second kappa shape index (κ2) is 5.65. The zero-order valence-corrected chi connectivity index (χ0v) is 13.3. The van der Waals surface area contributed by atoms with Crippen LogP contribution in [0.1, 0.15) is 5.56 Å². The Labute approximate surface area is 137 Å². The van der Waals surface area contributed by atoms with Gasteiger partial charge in [-0.1, -0.05) is 15.9 Å². The van der Waals surface area contributed by atoms with E-state index in [1.165, 1.54) is 6.08 Å². The van der Waals surface area contributed by atoms with Gasteiger partial charge in [-0.2, -0.15) is 0 Å². The van der Waals surface area contributed by atoms with Crippen molar-refractivity contribution in [2.75, 3.05) is 13.3 Å². The molecule has 0 bridgehead atoms. The van der Waals surface area contributed by atoms with Crippen molar-refractivity contribution in [2.24, 2.45) is 0 Å². The monoisotopic (exact) mass is 385 g/mol. The summed E-state index contributed by atoms with van der Waals surface area (Å²) in [6, 6.07) is 3.38. The van der Waals surface area contributed by atoms with Crippen LogP contribution in [0.5, 0.6) is 11.5 Å². The molecule has 2 aliphatic rings. The smallest absolute Gasteiger partial charge is 0.323 e. The topological polar surface area (TPSA) is 93.1 Å². The lowest BCUT2D eigenvalue weighted by Crippen LogP contribution is -2.33. The molecule has 2 amide bonds. The number of halogens is 1. The number of hydrogen-bond acceptors (Lipinski definition) is 6. The fourth-order valence-electron chi connectivity index (χ4n) is 1.96. The van der Waals surface area contributed by atoms with Crippen molar-refractivity contribution in [1.29, 1.82) is 0 Å². The van der Waals surface area contributed by atoms with Crippen LogP contribution in [0.15, 0.2) is 21.5 Å². The SMILES string of the molecule is O=C(O)CN1C(=O)S/C(=C\c2cc3c(cc2Br)OCO3)C1=O. The highest BCUT2D eigenvalue weighted by molar-refractivity contribution is 9.10. The Hall–Kier alpha value is -2.00. The zero-order valence-electron chi connectivity index (χ0n) is 10.9. The number of amides is 2. The molecule has 0 atom stereocenters. The number of hydrogen-bond donors (Lipinski definition) is 1. The minimum atomic E-state index is -1.24. The summed E-state index contributed by atoms with van der Waals surface area (Å²) in [5, 5.41) is 8.12. The van der Waals surface area contributed by atoms with Crippen molar-refractivity contribution in [3.8, 4) is 11.5 Å². The van der Waals surface area contributed by atoms with Gasteiger partial charge in [0.2, 0.25) is 6.79 Å². The Balaban J connectivity index is 1.91. The number of carboxylic acids is 1. The largest absolute Gasteiger partial charge is 0.480 e. The van der Waals surface area contributed by atoms with E-state index in [0.29, 0.717) is 38.2 Å². The molecule has 1 aromatic carbocycles. The van der Waals surface area contributed by atoms with Crippen molar-refractivity contribution in [3.63, 3.8) is 0 Å². The molecule has 2 heterocycles. The molecule has 3 rings (SSSR count). The summed E-state index contributed by atoms with van der Waals surface area (Å²) in [5.41, 5.74) is 0.630. The number of benzene rings is 1. The van der Waals surface area contributed by atoms with E-state index < -0.39 is 23.7 Å². The van der Waals surface area contributed by atoms with Crippen molar-refractivity contribution in [1.82, 2.24) is 4.90 Å². The minimum absolute atomic E-state index is 0.125. The minimum Gasteiger partial charge on any atom is -0.480 e. The summed E-state index contributed by atoms with van der Waals surface area (Å²) in [6.45, 7) is -0.523. The van der Waals surface area contributed by atoms with Crippen LogP contribution in [0.25, 0.3) is 6.08 Å². The van der Waals surface area contributed by atoms with Crippen molar-refractivity contribution >= 4 is 50.9 Å². The third kappa shape index (κ3) is 2.69. The fourth-order valence-corrected chi connectivity index (χ4v) is 3.22. The number of fused-ring (bicyclic) bond motifs is 1. The Kier molecular flexibility index (Phi) is 3.83. The van der Waals surface area contributed by atoms with Crippen LogP contribution in [0.2, 0.25) is 0 Å². The van der Waals surface area contributed by atoms with Gasteiger partial charge >= 0.3 is 5.97 Å². The van der Waals surface area contributed by atoms with Crippen LogP contribution < -0.4 is 9.47 Å². The Morgan fingerprint density at radius 3 is 2.73 bits per heavy atom. The third-order valence-corrected chi connectivity index (χ3v) is 4.54. The van der Waals surface area contributed by atoms with Crippen molar-refractivity contribution in [2.45, 2.75) is 0 Å². The first-order chi connectivity index (χ1) is 10.5. The van der Waals surface area contributed by atoms with Crippen molar-refractivity contribution < 1.29 is 29.0 Å². The summed E-state index contributed by atoms with van der Waals surface area (Å²) >= 11 is 4.06. The zero-order chi connectivity index (χ0) is 15.9. The van der Waals surface area contributed by atoms with Crippen LogP contribution in [0.4, 0.5) is 4.79 Å². The molecule has 0 spiro atoms. The molecule has 2 aliphatic heterocycles.